The summed E-state index contributed by atoms with van der Waals surface area (Å²) in [6, 6.07) is -0.334. The lowest BCUT2D eigenvalue weighted by Gasteiger charge is -2.35. The Morgan fingerprint density at radius 1 is 1.00 bits per heavy atom. The van der Waals surface area contributed by atoms with Crippen molar-refractivity contribution in [2.45, 2.75) is 63.3 Å². The van der Waals surface area contributed by atoms with Gasteiger partial charge < -0.3 is 15.1 Å². The molecule has 7 heteroatoms. The number of carbonyl (C=O) groups excluding carboxylic acids is 3. The Morgan fingerprint density at radius 2 is 1.62 bits per heavy atom. The highest BCUT2D eigenvalue weighted by Crippen LogP contribution is 2.39. The normalized spacial score (nSPS) is 24.2. The van der Waals surface area contributed by atoms with Crippen molar-refractivity contribution in [3.63, 3.8) is 0 Å². The highest BCUT2D eigenvalue weighted by Gasteiger charge is 2.55. The van der Waals surface area contributed by atoms with Crippen molar-refractivity contribution >= 4 is 17.8 Å². The molecule has 1 N–H and O–H groups in total. The van der Waals surface area contributed by atoms with E-state index in [2.05, 4.69) is 10.2 Å². The second-order valence-corrected chi connectivity index (χ2v) is 7.93. The quantitative estimate of drug-likeness (QED) is 0.752. The molecule has 3 rings (SSSR count). The van der Waals surface area contributed by atoms with Gasteiger partial charge in [0.2, 0.25) is 5.91 Å². The summed E-state index contributed by atoms with van der Waals surface area (Å²) in [6.07, 6.45) is 9.46. The molecule has 0 aromatic heterocycles. The SMILES string of the molecule is CN1C(=O)N(CC(=O)NCCN2CCCCCC2)C(=O)C12CCCCC2. The highest BCUT2D eigenvalue weighted by atomic mass is 16.2. The van der Waals surface area contributed by atoms with Gasteiger partial charge >= 0.3 is 6.03 Å². The molecular weight excluding hydrogens is 332 g/mol. The molecule has 0 bridgehead atoms. The smallest absolute Gasteiger partial charge is 0.327 e. The fraction of sp³-hybridized carbons (Fsp3) is 0.842. The fourth-order valence-corrected chi connectivity index (χ4v) is 4.58. The summed E-state index contributed by atoms with van der Waals surface area (Å²) in [7, 11) is 1.70. The maximum absolute atomic E-state index is 12.9. The van der Waals surface area contributed by atoms with Crippen LogP contribution in [0.2, 0.25) is 0 Å². The monoisotopic (exact) mass is 364 g/mol. The summed E-state index contributed by atoms with van der Waals surface area (Å²) in [6.45, 7) is 3.41. The van der Waals surface area contributed by atoms with Crippen molar-refractivity contribution in [2.24, 2.45) is 0 Å². The van der Waals surface area contributed by atoms with Crippen LogP contribution in [0.5, 0.6) is 0 Å². The van der Waals surface area contributed by atoms with Crippen LogP contribution < -0.4 is 5.32 Å². The molecule has 146 valence electrons. The van der Waals surface area contributed by atoms with E-state index in [-0.39, 0.29) is 24.4 Å². The third-order valence-electron chi connectivity index (χ3n) is 6.23. The van der Waals surface area contributed by atoms with Crippen LogP contribution in [0.1, 0.15) is 57.8 Å². The Morgan fingerprint density at radius 3 is 2.27 bits per heavy atom. The van der Waals surface area contributed by atoms with Gasteiger partial charge in [0.1, 0.15) is 12.1 Å². The third kappa shape index (κ3) is 3.87. The van der Waals surface area contributed by atoms with Crippen LogP contribution in [-0.2, 0) is 9.59 Å². The average molecular weight is 364 g/mol. The number of nitrogens with zero attached hydrogens (tertiary/aromatic N) is 3. The van der Waals surface area contributed by atoms with E-state index < -0.39 is 5.54 Å². The molecule has 4 amide bonds. The maximum Gasteiger partial charge on any atom is 0.327 e. The maximum atomic E-state index is 12.9. The zero-order chi connectivity index (χ0) is 18.6. The van der Waals surface area contributed by atoms with Crippen molar-refractivity contribution in [1.29, 1.82) is 0 Å². The molecule has 1 aliphatic carbocycles. The van der Waals surface area contributed by atoms with Gasteiger partial charge in [-0.15, -0.1) is 0 Å². The van der Waals surface area contributed by atoms with Gasteiger partial charge in [0.05, 0.1) is 0 Å². The van der Waals surface area contributed by atoms with E-state index in [1.807, 2.05) is 0 Å². The van der Waals surface area contributed by atoms with Gasteiger partial charge in [0, 0.05) is 20.1 Å². The van der Waals surface area contributed by atoms with Gasteiger partial charge in [-0.2, -0.15) is 0 Å². The number of hydrogen-bond donors (Lipinski definition) is 1. The number of nitrogens with one attached hydrogen (secondary N) is 1. The Balaban J connectivity index is 1.49. The lowest BCUT2D eigenvalue weighted by atomic mass is 9.81. The zero-order valence-corrected chi connectivity index (χ0v) is 16.0. The Bertz CT molecular complexity index is 537. The first-order valence-corrected chi connectivity index (χ1v) is 10.1. The predicted molar refractivity (Wildman–Crippen MR) is 98.6 cm³/mol. The van der Waals surface area contributed by atoms with E-state index in [1.165, 1.54) is 25.7 Å². The van der Waals surface area contributed by atoms with Crippen LogP contribution in [0.15, 0.2) is 0 Å². The first-order chi connectivity index (χ1) is 12.5. The van der Waals surface area contributed by atoms with E-state index in [0.717, 1.165) is 43.8 Å². The van der Waals surface area contributed by atoms with Crippen molar-refractivity contribution in [1.82, 2.24) is 20.0 Å². The molecule has 0 aromatic rings. The average Bonchev–Trinajstić information content (AvgIpc) is 2.88. The van der Waals surface area contributed by atoms with Crippen LogP contribution >= 0.6 is 0 Å². The molecule has 2 saturated heterocycles. The van der Waals surface area contributed by atoms with Gasteiger partial charge in [-0.1, -0.05) is 32.1 Å². The molecule has 7 nitrogen and oxygen atoms in total. The molecule has 0 atom stereocenters. The fourth-order valence-electron chi connectivity index (χ4n) is 4.58. The van der Waals surface area contributed by atoms with Crippen LogP contribution in [0.25, 0.3) is 0 Å². The summed E-state index contributed by atoms with van der Waals surface area (Å²) < 4.78 is 0. The summed E-state index contributed by atoms with van der Waals surface area (Å²) >= 11 is 0. The van der Waals surface area contributed by atoms with Crippen molar-refractivity contribution in [3.8, 4) is 0 Å². The first-order valence-electron chi connectivity index (χ1n) is 10.1. The van der Waals surface area contributed by atoms with E-state index in [1.54, 1.807) is 11.9 Å². The van der Waals surface area contributed by atoms with E-state index in [4.69, 9.17) is 0 Å². The van der Waals surface area contributed by atoms with Crippen LogP contribution in [0, 0.1) is 0 Å². The van der Waals surface area contributed by atoms with Crippen LogP contribution in [-0.4, -0.2) is 77.9 Å². The topological polar surface area (TPSA) is 73.0 Å². The first kappa shape index (κ1) is 19.1. The third-order valence-corrected chi connectivity index (χ3v) is 6.23. The number of likely N-dealkylation sites (N-methyl/N-ethyl adjacent to an activating group) is 1. The van der Waals surface area contributed by atoms with Crippen molar-refractivity contribution < 1.29 is 14.4 Å². The van der Waals surface area contributed by atoms with Gasteiger partial charge in [-0.25, -0.2) is 4.79 Å². The Hall–Kier alpha value is -1.63. The molecule has 26 heavy (non-hydrogen) atoms. The largest absolute Gasteiger partial charge is 0.353 e. The molecule has 3 aliphatic rings. The van der Waals surface area contributed by atoms with E-state index in [0.29, 0.717) is 19.4 Å². The van der Waals surface area contributed by atoms with Gasteiger partial charge in [0.25, 0.3) is 5.91 Å². The summed E-state index contributed by atoms with van der Waals surface area (Å²) in [5.74, 6) is -0.435. The van der Waals surface area contributed by atoms with Crippen LogP contribution in [0.4, 0.5) is 4.79 Å². The minimum absolute atomic E-state index is 0.163. The number of imide groups is 1. The Kier molecular flexibility index (Phi) is 6.16. The molecule has 2 aliphatic heterocycles. The van der Waals surface area contributed by atoms with Crippen molar-refractivity contribution in [2.75, 3.05) is 39.8 Å². The predicted octanol–water partition coefficient (Wildman–Crippen LogP) is 1.58. The number of carbonyl (C=O) groups is 3. The zero-order valence-electron chi connectivity index (χ0n) is 16.0. The molecule has 0 unspecified atom stereocenters. The van der Waals surface area contributed by atoms with Crippen LogP contribution in [0.3, 0.4) is 0 Å². The minimum Gasteiger partial charge on any atom is -0.353 e. The number of likely N-dealkylation sites (tertiary alicyclic amines) is 1. The molecule has 2 heterocycles. The van der Waals surface area contributed by atoms with Gasteiger partial charge in [-0.3, -0.25) is 14.5 Å². The van der Waals surface area contributed by atoms with Crippen molar-refractivity contribution in [3.05, 3.63) is 0 Å². The minimum atomic E-state index is -0.707. The molecule has 1 spiro atoms. The standard InChI is InChI=1S/C19H32N4O3/c1-21-18(26)23(17(25)19(21)9-5-4-6-10-19)15-16(24)20-11-14-22-12-7-2-3-8-13-22/h2-15H2,1H3,(H,20,24). The van der Waals surface area contributed by atoms with Gasteiger partial charge in [0.15, 0.2) is 0 Å². The second kappa shape index (κ2) is 8.37. The summed E-state index contributed by atoms with van der Waals surface area (Å²) in [5, 5.41) is 2.88. The second-order valence-electron chi connectivity index (χ2n) is 7.93. The number of urea groups is 1. The molecule has 3 fully saturated rings. The number of rotatable bonds is 5. The number of hydrogen-bond acceptors (Lipinski definition) is 4. The summed E-state index contributed by atoms with van der Waals surface area (Å²) in [4.78, 5) is 42.8. The highest BCUT2D eigenvalue weighted by molar-refractivity contribution is 6.08. The van der Waals surface area contributed by atoms with E-state index in [9.17, 15) is 14.4 Å². The molecule has 1 saturated carbocycles. The lowest BCUT2D eigenvalue weighted by Crippen LogP contribution is -2.49. The molecular formula is C19H32N4O3. The molecule has 0 aromatic carbocycles. The van der Waals surface area contributed by atoms with E-state index >= 15 is 0 Å². The summed E-state index contributed by atoms with van der Waals surface area (Å²) in [5.41, 5.74) is -0.707. The number of amides is 4. The molecule has 0 radical (unpaired) electrons. The van der Waals surface area contributed by atoms with Gasteiger partial charge in [-0.05, 0) is 38.8 Å². The lowest BCUT2D eigenvalue weighted by molar-refractivity contribution is -0.137. The Labute approximate surface area is 156 Å².